The van der Waals surface area contributed by atoms with Crippen molar-refractivity contribution in [1.29, 1.82) is 0 Å². The van der Waals surface area contributed by atoms with Gasteiger partial charge in [-0.1, -0.05) is 37.5 Å². The molecule has 0 radical (unpaired) electrons. The quantitative estimate of drug-likeness (QED) is 0.712. The van der Waals surface area contributed by atoms with Gasteiger partial charge >= 0.3 is 0 Å². The summed E-state index contributed by atoms with van der Waals surface area (Å²) in [5, 5.41) is 0. The second kappa shape index (κ2) is 4.91. The van der Waals surface area contributed by atoms with Gasteiger partial charge in [0, 0.05) is 24.6 Å². The first-order valence-electron chi connectivity index (χ1n) is 8.66. The SMILES string of the molecule is Cc1ccccc1N1C(C)c2ccn(C)c2C12CCCCC2. The van der Waals surface area contributed by atoms with Crippen LogP contribution in [0.4, 0.5) is 5.69 Å². The Morgan fingerprint density at radius 3 is 2.50 bits per heavy atom. The van der Waals surface area contributed by atoms with Crippen molar-refractivity contribution in [3.8, 4) is 0 Å². The Morgan fingerprint density at radius 2 is 1.77 bits per heavy atom. The van der Waals surface area contributed by atoms with Gasteiger partial charge in [0.05, 0.1) is 11.6 Å². The summed E-state index contributed by atoms with van der Waals surface area (Å²) in [6.07, 6.45) is 8.91. The number of benzene rings is 1. The van der Waals surface area contributed by atoms with Crippen LogP contribution in [0.3, 0.4) is 0 Å². The maximum absolute atomic E-state index is 2.74. The molecule has 1 spiro atoms. The van der Waals surface area contributed by atoms with Crippen LogP contribution in [0.15, 0.2) is 36.5 Å². The minimum absolute atomic E-state index is 0.206. The highest BCUT2D eigenvalue weighted by Gasteiger charge is 2.51. The van der Waals surface area contributed by atoms with E-state index in [0.29, 0.717) is 6.04 Å². The third-order valence-corrected chi connectivity index (χ3v) is 5.90. The number of aromatic nitrogens is 1. The zero-order valence-corrected chi connectivity index (χ0v) is 14.0. The van der Waals surface area contributed by atoms with Gasteiger partial charge in [-0.25, -0.2) is 0 Å². The van der Waals surface area contributed by atoms with E-state index in [9.17, 15) is 0 Å². The van der Waals surface area contributed by atoms with Crippen molar-refractivity contribution in [2.75, 3.05) is 4.90 Å². The standard InChI is InChI=1S/C20H26N2/c1-15-9-5-6-10-18(15)22-16(2)17-11-14-21(3)19(17)20(22)12-7-4-8-13-20/h5-6,9-11,14,16H,4,7-8,12-13H2,1-3H3. The third kappa shape index (κ3) is 1.73. The minimum Gasteiger partial charge on any atom is -0.353 e. The molecule has 0 amide bonds. The molecule has 1 atom stereocenters. The molecule has 2 heterocycles. The fourth-order valence-electron chi connectivity index (χ4n) is 4.99. The fourth-order valence-corrected chi connectivity index (χ4v) is 4.99. The Labute approximate surface area is 133 Å². The van der Waals surface area contributed by atoms with Crippen molar-refractivity contribution in [3.63, 3.8) is 0 Å². The second-order valence-electron chi connectivity index (χ2n) is 7.16. The van der Waals surface area contributed by atoms with Crippen LogP contribution in [0, 0.1) is 6.92 Å². The molecular formula is C20H26N2. The molecule has 0 bridgehead atoms. The first kappa shape index (κ1) is 13.9. The Hall–Kier alpha value is -1.70. The summed E-state index contributed by atoms with van der Waals surface area (Å²) in [4.78, 5) is 2.74. The Balaban J connectivity index is 1.92. The predicted molar refractivity (Wildman–Crippen MR) is 92.2 cm³/mol. The first-order valence-corrected chi connectivity index (χ1v) is 8.66. The van der Waals surface area contributed by atoms with Gasteiger partial charge in [-0.2, -0.15) is 0 Å². The lowest BCUT2D eigenvalue weighted by Crippen LogP contribution is -2.45. The highest BCUT2D eigenvalue weighted by atomic mass is 15.3. The number of para-hydroxylation sites is 1. The van der Waals surface area contributed by atoms with Gasteiger partial charge in [0.25, 0.3) is 0 Å². The molecule has 2 heteroatoms. The molecule has 1 aromatic carbocycles. The molecule has 2 nitrogen and oxygen atoms in total. The summed E-state index contributed by atoms with van der Waals surface area (Å²) in [7, 11) is 2.23. The molecule has 1 aliphatic heterocycles. The topological polar surface area (TPSA) is 8.17 Å². The van der Waals surface area contributed by atoms with Crippen LogP contribution >= 0.6 is 0 Å². The maximum atomic E-state index is 2.74. The van der Waals surface area contributed by atoms with Crippen LogP contribution in [0.1, 0.15) is 61.9 Å². The summed E-state index contributed by atoms with van der Waals surface area (Å²) in [6, 6.07) is 11.7. The van der Waals surface area contributed by atoms with Gasteiger partial charge in [-0.15, -0.1) is 0 Å². The zero-order valence-electron chi connectivity index (χ0n) is 14.0. The lowest BCUT2D eigenvalue weighted by molar-refractivity contribution is 0.272. The van der Waals surface area contributed by atoms with E-state index in [1.54, 1.807) is 5.69 Å². The number of hydrogen-bond donors (Lipinski definition) is 0. The molecule has 1 saturated carbocycles. The zero-order chi connectivity index (χ0) is 15.3. The molecule has 0 N–H and O–H groups in total. The molecular weight excluding hydrogens is 268 g/mol. The summed E-state index contributed by atoms with van der Waals surface area (Å²) in [6.45, 7) is 4.64. The number of aryl methyl sites for hydroxylation is 2. The van der Waals surface area contributed by atoms with E-state index in [0.717, 1.165) is 0 Å². The molecule has 0 saturated heterocycles. The van der Waals surface area contributed by atoms with E-state index in [1.165, 1.54) is 48.9 Å². The number of rotatable bonds is 1. The smallest absolute Gasteiger partial charge is 0.0813 e. The van der Waals surface area contributed by atoms with Crippen LogP contribution in [-0.2, 0) is 12.6 Å². The van der Waals surface area contributed by atoms with Crippen molar-refractivity contribution in [1.82, 2.24) is 4.57 Å². The number of nitrogens with zero attached hydrogens (tertiary/aromatic N) is 2. The molecule has 1 fully saturated rings. The summed E-state index contributed by atoms with van der Waals surface area (Å²) < 4.78 is 2.38. The van der Waals surface area contributed by atoms with Crippen LogP contribution in [0.5, 0.6) is 0 Å². The highest BCUT2D eigenvalue weighted by molar-refractivity contribution is 5.62. The molecule has 2 aliphatic rings. The average Bonchev–Trinajstić information content (AvgIpc) is 3.01. The molecule has 1 aliphatic carbocycles. The summed E-state index contributed by atoms with van der Waals surface area (Å²) in [5.41, 5.74) is 6.13. The van der Waals surface area contributed by atoms with E-state index in [1.807, 2.05) is 0 Å². The van der Waals surface area contributed by atoms with Crippen LogP contribution in [-0.4, -0.2) is 4.57 Å². The van der Waals surface area contributed by atoms with E-state index in [4.69, 9.17) is 0 Å². The normalized spacial score (nSPS) is 23.0. The second-order valence-corrected chi connectivity index (χ2v) is 7.16. The largest absolute Gasteiger partial charge is 0.353 e. The third-order valence-electron chi connectivity index (χ3n) is 5.90. The Bertz CT molecular complexity index is 691. The lowest BCUT2D eigenvalue weighted by Gasteiger charge is -2.46. The van der Waals surface area contributed by atoms with Gasteiger partial charge < -0.3 is 9.47 Å². The first-order chi connectivity index (χ1) is 10.6. The Morgan fingerprint density at radius 1 is 1.05 bits per heavy atom. The van der Waals surface area contributed by atoms with Crippen molar-refractivity contribution < 1.29 is 0 Å². The molecule has 1 unspecified atom stereocenters. The number of hydrogen-bond acceptors (Lipinski definition) is 1. The highest BCUT2D eigenvalue weighted by Crippen LogP contribution is 2.55. The van der Waals surface area contributed by atoms with Crippen LogP contribution in [0.25, 0.3) is 0 Å². The molecule has 2 aromatic rings. The fraction of sp³-hybridized carbons (Fsp3) is 0.500. The van der Waals surface area contributed by atoms with Gasteiger partial charge in [0.1, 0.15) is 0 Å². The van der Waals surface area contributed by atoms with E-state index in [-0.39, 0.29) is 5.54 Å². The van der Waals surface area contributed by atoms with Crippen LogP contribution < -0.4 is 4.90 Å². The predicted octanol–water partition coefficient (Wildman–Crippen LogP) is 5.07. The maximum Gasteiger partial charge on any atom is 0.0813 e. The van der Waals surface area contributed by atoms with E-state index < -0.39 is 0 Å². The van der Waals surface area contributed by atoms with Gasteiger partial charge in [-0.3, -0.25) is 0 Å². The molecule has 1 aromatic heterocycles. The lowest BCUT2D eigenvalue weighted by atomic mass is 9.78. The average molecular weight is 294 g/mol. The molecule has 22 heavy (non-hydrogen) atoms. The van der Waals surface area contributed by atoms with Crippen molar-refractivity contribution >= 4 is 5.69 Å². The number of anilines is 1. The number of fused-ring (bicyclic) bond motifs is 2. The van der Waals surface area contributed by atoms with Crippen LogP contribution in [0.2, 0.25) is 0 Å². The van der Waals surface area contributed by atoms with Gasteiger partial charge in [0.2, 0.25) is 0 Å². The molecule has 4 rings (SSSR count). The molecule has 116 valence electrons. The summed E-state index contributed by atoms with van der Waals surface area (Å²) in [5.74, 6) is 0. The monoisotopic (exact) mass is 294 g/mol. The van der Waals surface area contributed by atoms with Crippen molar-refractivity contribution in [3.05, 3.63) is 53.3 Å². The van der Waals surface area contributed by atoms with Gasteiger partial charge in [-0.05, 0) is 49.9 Å². The van der Waals surface area contributed by atoms with E-state index in [2.05, 4.69) is 66.9 Å². The van der Waals surface area contributed by atoms with Crippen molar-refractivity contribution in [2.24, 2.45) is 7.05 Å². The van der Waals surface area contributed by atoms with E-state index >= 15 is 0 Å². The summed E-state index contributed by atoms with van der Waals surface area (Å²) >= 11 is 0. The van der Waals surface area contributed by atoms with Gasteiger partial charge in [0.15, 0.2) is 0 Å². The minimum atomic E-state index is 0.206. The van der Waals surface area contributed by atoms with Crippen molar-refractivity contribution in [2.45, 2.75) is 57.5 Å². The Kier molecular flexibility index (Phi) is 3.11.